The maximum absolute atomic E-state index is 11.9. The van der Waals surface area contributed by atoms with E-state index in [4.69, 9.17) is 0 Å². The second kappa shape index (κ2) is 14.8. The zero-order chi connectivity index (χ0) is 16.9. The van der Waals surface area contributed by atoms with Crippen LogP contribution >= 0.6 is 24.0 Å². The summed E-state index contributed by atoms with van der Waals surface area (Å²) in [7, 11) is 0. The van der Waals surface area contributed by atoms with Crippen LogP contribution in [-0.2, 0) is 4.79 Å². The van der Waals surface area contributed by atoms with E-state index in [-0.39, 0.29) is 29.9 Å². The van der Waals surface area contributed by atoms with E-state index in [1.165, 1.54) is 25.7 Å². The number of nitrogens with zero attached hydrogens (tertiary/aromatic N) is 1. The van der Waals surface area contributed by atoms with Crippen LogP contribution in [0.4, 0.5) is 0 Å². The summed E-state index contributed by atoms with van der Waals surface area (Å²) >= 11 is 0. The lowest BCUT2D eigenvalue weighted by atomic mass is 10.0. The van der Waals surface area contributed by atoms with Gasteiger partial charge in [0.2, 0.25) is 5.91 Å². The van der Waals surface area contributed by atoms with Gasteiger partial charge in [0.25, 0.3) is 0 Å². The highest BCUT2D eigenvalue weighted by Gasteiger charge is 2.17. The fraction of sp³-hybridized carbons (Fsp3) is 0.889. The number of carbonyl (C=O) groups excluding carboxylic acids is 1. The highest BCUT2D eigenvalue weighted by atomic mass is 127. The molecule has 1 aliphatic rings. The fourth-order valence-electron chi connectivity index (χ4n) is 3.04. The number of hydrogen-bond acceptors (Lipinski definition) is 2. The maximum Gasteiger partial charge on any atom is 0.220 e. The minimum absolute atomic E-state index is 0. The number of rotatable bonds is 10. The number of guanidine groups is 1. The normalized spacial score (nSPS) is 15.2. The molecule has 0 spiro atoms. The van der Waals surface area contributed by atoms with Gasteiger partial charge in [0.05, 0.1) is 0 Å². The van der Waals surface area contributed by atoms with Crippen LogP contribution in [0.2, 0.25) is 0 Å². The van der Waals surface area contributed by atoms with Crippen molar-refractivity contribution in [1.82, 2.24) is 16.0 Å². The first-order valence-corrected chi connectivity index (χ1v) is 9.48. The van der Waals surface area contributed by atoms with Gasteiger partial charge in [-0.05, 0) is 31.6 Å². The highest BCUT2D eigenvalue weighted by Crippen LogP contribution is 2.27. The standard InChI is InChI=1S/C18H36N4O.HI/c1-4-15(5-2)14-22-18(19-6-3)21-12-11-20-17(23)13-16-9-7-8-10-16;/h15-16H,4-14H2,1-3H3,(H,20,23)(H2,19,21,22);1H. The summed E-state index contributed by atoms with van der Waals surface area (Å²) in [6.45, 7) is 9.57. The monoisotopic (exact) mass is 452 g/mol. The van der Waals surface area contributed by atoms with Crippen LogP contribution in [0, 0.1) is 11.8 Å². The molecule has 0 unspecified atom stereocenters. The first-order valence-electron chi connectivity index (χ1n) is 9.48. The summed E-state index contributed by atoms with van der Waals surface area (Å²) < 4.78 is 0. The van der Waals surface area contributed by atoms with E-state index in [2.05, 4.69) is 41.7 Å². The van der Waals surface area contributed by atoms with Crippen LogP contribution in [0.5, 0.6) is 0 Å². The largest absolute Gasteiger partial charge is 0.357 e. The minimum atomic E-state index is 0. The lowest BCUT2D eigenvalue weighted by Gasteiger charge is -2.14. The van der Waals surface area contributed by atoms with Crippen molar-refractivity contribution in [3.05, 3.63) is 0 Å². The Balaban J connectivity index is 0.00000529. The molecule has 0 saturated heterocycles. The lowest BCUT2D eigenvalue weighted by Crippen LogP contribution is -2.42. The Morgan fingerprint density at radius 2 is 1.67 bits per heavy atom. The van der Waals surface area contributed by atoms with Crippen molar-refractivity contribution in [3.63, 3.8) is 0 Å². The Morgan fingerprint density at radius 1 is 1.04 bits per heavy atom. The van der Waals surface area contributed by atoms with Gasteiger partial charge < -0.3 is 16.0 Å². The third-order valence-electron chi connectivity index (χ3n) is 4.69. The second-order valence-corrected chi connectivity index (χ2v) is 6.53. The molecule has 0 bridgehead atoms. The molecular weight excluding hydrogens is 415 g/mol. The van der Waals surface area contributed by atoms with Gasteiger partial charge in [-0.3, -0.25) is 9.79 Å². The zero-order valence-corrected chi connectivity index (χ0v) is 18.0. The lowest BCUT2D eigenvalue weighted by molar-refractivity contribution is -0.121. The van der Waals surface area contributed by atoms with Gasteiger partial charge in [0.15, 0.2) is 5.96 Å². The molecule has 0 aliphatic heterocycles. The SMILES string of the molecule is CCNC(=NCC(CC)CC)NCCNC(=O)CC1CCCC1.I. The van der Waals surface area contributed by atoms with Crippen LogP contribution in [-0.4, -0.2) is 38.0 Å². The summed E-state index contributed by atoms with van der Waals surface area (Å²) in [4.78, 5) is 16.5. The Kier molecular flexibility index (Phi) is 14.5. The third-order valence-corrected chi connectivity index (χ3v) is 4.69. The first-order chi connectivity index (χ1) is 11.2. The molecule has 1 rings (SSSR count). The smallest absolute Gasteiger partial charge is 0.220 e. The van der Waals surface area contributed by atoms with Crippen molar-refractivity contribution in [2.24, 2.45) is 16.8 Å². The van der Waals surface area contributed by atoms with Crippen LogP contribution in [0.25, 0.3) is 0 Å². The van der Waals surface area contributed by atoms with Crippen molar-refractivity contribution < 1.29 is 4.79 Å². The fourth-order valence-corrected chi connectivity index (χ4v) is 3.04. The zero-order valence-electron chi connectivity index (χ0n) is 15.7. The number of amides is 1. The molecule has 0 heterocycles. The number of halogens is 1. The van der Waals surface area contributed by atoms with Gasteiger partial charge in [0.1, 0.15) is 0 Å². The molecule has 24 heavy (non-hydrogen) atoms. The van der Waals surface area contributed by atoms with E-state index in [0.29, 0.717) is 31.3 Å². The molecule has 0 aromatic heterocycles. The summed E-state index contributed by atoms with van der Waals surface area (Å²) in [6.07, 6.45) is 8.05. The number of carbonyl (C=O) groups is 1. The van der Waals surface area contributed by atoms with E-state index in [0.717, 1.165) is 31.9 Å². The molecule has 1 fully saturated rings. The van der Waals surface area contributed by atoms with Crippen molar-refractivity contribution in [1.29, 1.82) is 0 Å². The molecule has 0 atom stereocenters. The Labute approximate surface area is 165 Å². The minimum Gasteiger partial charge on any atom is -0.357 e. The molecule has 1 aliphatic carbocycles. The van der Waals surface area contributed by atoms with Gasteiger partial charge in [-0.1, -0.05) is 39.5 Å². The maximum atomic E-state index is 11.9. The van der Waals surface area contributed by atoms with Gasteiger partial charge >= 0.3 is 0 Å². The third kappa shape index (κ3) is 10.4. The molecule has 5 nitrogen and oxygen atoms in total. The summed E-state index contributed by atoms with van der Waals surface area (Å²) in [5.41, 5.74) is 0. The van der Waals surface area contributed by atoms with E-state index >= 15 is 0 Å². The van der Waals surface area contributed by atoms with Crippen LogP contribution in [0.1, 0.15) is 65.7 Å². The van der Waals surface area contributed by atoms with Crippen molar-refractivity contribution in [2.45, 2.75) is 65.7 Å². The van der Waals surface area contributed by atoms with Crippen LogP contribution < -0.4 is 16.0 Å². The molecule has 1 amide bonds. The summed E-state index contributed by atoms with van der Waals surface area (Å²) in [5, 5.41) is 9.57. The summed E-state index contributed by atoms with van der Waals surface area (Å²) in [6, 6.07) is 0. The van der Waals surface area contributed by atoms with E-state index < -0.39 is 0 Å². The molecule has 6 heteroatoms. The van der Waals surface area contributed by atoms with Crippen molar-refractivity contribution >= 4 is 35.8 Å². The predicted molar refractivity (Wildman–Crippen MR) is 113 cm³/mol. The van der Waals surface area contributed by atoms with Gasteiger partial charge in [-0.15, -0.1) is 24.0 Å². The Hall–Kier alpha value is -0.530. The predicted octanol–water partition coefficient (Wildman–Crippen LogP) is 3.29. The average molecular weight is 452 g/mol. The Morgan fingerprint density at radius 3 is 2.25 bits per heavy atom. The van der Waals surface area contributed by atoms with E-state index in [1.54, 1.807) is 0 Å². The quantitative estimate of drug-likeness (QED) is 0.206. The first kappa shape index (κ1) is 23.5. The molecule has 0 radical (unpaired) electrons. The van der Waals surface area contributed by atoms with Crippen LogP contribution in [0.3, 0.4) is 0 Å². The summed E-state index contributed by atoms with van der Waals surface area (Å²) in [5.74, 6) is 2.31. The van der Waals surface area contributed by atoms with Gasteiger partial charge in [0, 0.05) is 32.6 Å². The molecular formula is C18H37IN4O. The molecule has 1 saturated carbocycles. The number of aliphatic imine (C=N–C) groups is 1. The number of hydrogen-bond donors (Lipinski definition) is 3. The topological polar surface area (TPSA) is 65.5 Å². The molecule has 0 aromatic carbocycles. The molecule has 142 valence electrons. The van der Waals surface area contributed by atoms with Crippen molar-refractivity contribution in [3.8, 4) is 0 Å². The molecule has 3 N–H and O–H groups in total. The van der Waals surface area contributed by atoms with Crippen molar-refractivity contribution in [2.75, 3.05) is 26.2 Å². The van der Waals surface area contributed by atoms with E-state index in [1.807, 2.05) is 0 Å². The number of nitrogens with one attached hydrogen (secondary N) is 3. The molecule has 0 aromatic rings. The Bertz CT molecular complexity index is 353. The average Bonchev–Trinajstić information content (AvgIpc) is 3.05. The van der Waals surface area contributed by atoms with Gasteiger partial charge in [-0.2, -0.15) is 0 Å². The highest BCUT2D eigenvalue weighted by molar-refractivity contribution is 14.0. The van der Waals surface area contributed by atoms with Gasteiger partial charge in [-0.25, -0.2) is 0 Å². The van der Waals surface area contributed by atoms with E-state index in [9.17, 15) is 4.79 Å². The van der Waals surface area contributed by atoms with Crippen LogP contribution in [0.15, 0.2) is 4.99 Å². The second-order valence-electron chi connectivity index (χ2n) is 6.53.